The summed E-state index contributed by atoms with van der Waals surface area (Å²) in [6.07, 6.45) is -1.13. The van der Waals surface area contributed by atoms with Gasteiger partial charge in [-0.3, -0.25) is 24.6 Å². The Balaban J connectivity index is 1.86. The molecule has 0 radical (unpaired) electrons. The molecule has 3 rings (SSSR count). The van der Waals surface area contributed by atoms with Crippen LogP contribution in [0.4, 0.5) is 17.1 Å². The Morgan fingerprint density at radius 2 is 1.97 bits per heavy atom. The predicted molar refractivity (Wildman–Crippen MR) is 102 cm³/mol. The van der Waals surface area contributed by atoms with Crippen molar-refractivity contribution in [3.63, 3.8) is 0 Å². The van der Waals surface area contributed by atoms with Crippen LogP contribution < -0.4 is 15.0 Å². The third-order valence-electron chi connectivity index (χ3n) is 4.26. The summed E-state index contributed by atoms with van der Waals surface area (Å²) in [4.78, 5) is 48.3. The Kier molecular flexibility index (Phi) is 5.44. The van der Waals surface area contributed by atoms with E-state index >= 15 is 0 Å². The zero-order chi connectivity index (χ0) is 21.1. The van der Waals surface area contributed by atoms with Gasteiger partial charge in [0.05, 0.1) is 29.0 Å². The molecule has 0 unspecified atom stereocenters. The van der Waals surface area contributed by atoms with Gasteiger partial charge in [-0.05, 0) is 31.2 Å². The lowest BCUT2D eigenvalue weighted by Crippen LogP contribution is -2.47. The van der Waals surface area contributed by atoms with Crippen molar-refractivity contribution in [2.45, 2.75) is 13.0 Å². The fourth-order valence-corrected chi connectivity index (χ4v) is 2.89. The Bertz CT molecular complexity index is 1010. The molecule has 1 N–H and O–H groups in total. The largest absolute Gasteiger partial charge is 0.474 e. The van der Waals surface area contributed by atoms with E-state index in [9.17, 15) is 24.5 Å². The van der Waals surface area contributed by atoms with E-state index in [-0.39, 0.29) is 23.8 Å². The summed E-state index contributed by atoms with van der Waals surface area (Å²) >= 11 is 0. The van der Waals surface area contributed by atoms with Crippen LogP contribution in [-0.2, 0) is 14.3 Å². The number of esters is 1. The molecule has 0 saturated heterocycles. The molecule has 0 bridgehead atoms. The number of benzene rings is 2. The van der Waals surface area contributed by atoms with Crippen molar-refractivity contribution in [2.75, 3.05) is 23.9 Å². The van der Waals surface area contributed by atoms with Crippen LogP contribution in [0.3, 0.4) is 0 Å². The van der Waals surface area contributed by atoms with Crippen molar-refractivity contribution in [1.82, 2.24) is 0 Å². The van der Waals surface area contributed by atoms with Crippen LogP contribution in [0, 0.1) is 10.1 Å². The fourth-order valence-electron chi connectivity index (χ4n) is 2.89. The van der Waals surface area contributed by atoms with Crippen molar-refractivity contribution in [1.29, 1.82) is 0 Å². The SMILES string of the molecule is COC(=O)c1ccc(O[C@H](C)C(=O)N2CC(=O)Nc3ccccc32)c([N+](=O)[O-])c1. The van der Waals surface area contributed by atoms with Crippen molar-refractivity contribution < 1.29 is 28.8 Å². The van der Waals surface area contributed by atoms with Crippen LogP contribution in [0.15, 0.2) is 42.5 Å². The molecule has 2 amide bonds. The molecule has 1 heterocycles. The van der Waals surface area contributed by atoms with Crippen LogP contribution in [0.2, 0.25) is 0 Å². The number of carbonyl (C=O) groups is 3. The standard InChI is InChI=1S/C19H17N3O7/c1-11(18(24)21-10-17(23)20-13-5-3-4-6-14(13)21)29-16-8-7-12(19(25)28-2)9-15(16)22(26)27/h3-9,11H,10H2,1-2H3,(H,20,23)/t11-/m1/s1. The molecular weight excluding hydrogens is 382 g/mol. The number of hydrogen-bond acceptors (Lipinski definition) is 7. The minimum atomic E-state index is -1.13. The molecule has 150 valence electrons. The van der Waals surface area contributed by atoms with E-state index < -0.39 is 28.6 Å². The van der Waals surface area contributed by atoms with E-state index in [1.54, 1.807) is 24.3 Å². The lowest BCUT2D eigenvalue weighted by atomic mass is 10.1. The third-order valence-corrected chi connectivity index (χ3v) is 4.26. The summed E-state index contributed by atoms with van der Waals surface area (Å²) in [6.45, 7) is 1.22. The van der Waals surface area contributed by atoms with E-state index in [1.807, 2.05) is 0 Å². The number of fused-ring (bicyclic) bond motifs is 1. The number of methoxy groups -OCH3 is 1. The number of rotatable bonds is 5. The van der Waals surface area contributed by atoms with Gasteiger partial charge in [-0.15, -0.1) is 0 Å². The maximum Gasteiger partial charge on any atom is 0.338 e. The quantitative estimate of drug-likeness (QED) is 0.463. The second-order valence-electron chi connectivity index (χ2n) is 6.18. The summed E-state index contributed by atoms with van der Waals surface area (Å²) in [5, 5.41) is 14.0. The molecule has 10 nitrogen and oxygen atoms in total. The predicted octanol–water partition coefficient (Wildman–Crippen LogP) is 2.13. The van der Waals surface area contributed by atoms with Crippen LogP contribution >= 0.6 is 0 Å². The Hall–Kier alpha value is -3.95. The van der Waals surface area contributed by atoms with Crippen LogP contribution in [0.5, 0.6) is 5.75 Å². The minimum Gasteiger partial charge on any atom is -0.474 e. The number of hydrogen-bond donors (Lipinski definition) is 1. The highest BCUT2D eigenvalue weighted by atomic mass is 16.6. The second-order valence-corrected chi connectivity index (χ2v) is 6.18. The number of carbonyl (C=O) groups excluding carboxylic acids is 3. The first-order chi connectivity index (χ1) is 13.8. The molecule has 0 fully saturated rings. The number of amides is 2. The summed E-state index contributed by atoms with van der Waals surface area (Å²) in [6, 6.07) is 10.3. The summed E-state index contributed by atoms with van der Waals surface area (Å²) in [5.74, 6) is -1.82. The first-order valence-electron chi connectivity index (χ1n) is 8.55. The number of nitrogens with zero attached hydrogens (tertiary/aromatic N) is 2. The molecule has 0 saturated carbocycles. The molecular formula is C19H17N3O7. The highest BCUT2D eigenvalue weighted by molar-refractivity contribution is 6.11. The van der Waals surface area contributed by atoms with E-state index in [1.165, 1.54) is 24.0 Å². The Labute approximate surface area is 165 Å². The molecule has 1 aliphatic rings. The van der Waals surface area contributed by atoms with E-state index in [0.29, 0.717) is 11.4 Å². The lowest BCUT2D eigenvalue weighted by Gasteiger charge is -2.31. The second kappa shape index (κ2) is 7.97. The van der Waals surface area contributed by atoms with E-state index in [2.05, 4.69) is 10.1 Å². The molecule has 29 heavy (non-hydrogen) atoms. The molecule has 0 spiro atoms. The molecule has 0 aliphatic carbocycles. The van der Waals surface area contributed by atoms with Gasteiger partial charge in [0.2, 0.25) is 5.91 Å². The number of anilines is 2. The van der Waals surface area contributed by atoms with Gasteiger partial charge in [0.25, 0.3) is 5.91 Å². The smallest absolute Gasteiger partial charge is 0.338 e. The summed E-state index contributed by atoms with van der Waals surface area (Å²) < 4.78 is 10.1. The van der Waals surface area contributed by atoms with Crippen molar-refractivity contribution in [2.24, 2.45) is 0 Å². The zero-order valence-corrected chi connectivity index (χ0v) is 15.6. The van der Waals surface area contributed by atoms with Gasteiger partial charge >= 0.3 is 11.7 Å². The summed E-state index contributed by atoms with van der Waals surface area (Å²) in [5.41, 5.74) is 0.484. The van der Waals surface area contributed by atoms with Crippen molar-refractivity contribution >= 4 is 34.8 Å². The van der Waals surface area contributed by atoms with Crippen LogP contribution in [0.1, 0.15) is 17.3 Å². The van der Waals surface area contributed by atoms with Gasteiger partial charge in [-0.2, -0.15) is 0 Å². The van der Waals surface area contributed by atoms with Crippen LogP contribution in [-0.4, -0.2) is 42.5 Å². The van der Waals surface area contributed by atoms with Crippen LogP contribution in [0.25, 0.3) is 0 Å². The van der Waals surface area contributed by atoms with Gasteiger partial charge in [-0.1, -0.05) is 12.1 Å². The monoisotopic (exact) mass is 399 g/mol. The Morgan fingerprint density at radius 3 is 2.66 bits per heavy atom. The molecule has 2 aromatic carbocycles. The number of nitro groups is 1. The zero-order valence-electron chi connectivity index (χ0n) is 15.6. The normalized spacial score (nSPS) is 13.7. The first-order valence-corrected chi connectivity index (χ1v) is 8.55. The number of ether oxygens (including phenoxy) is 2. The van der Waals surface area contributed by atoms with Gasteiger partial charge < -0.3 is 14.8 Å². The maximum atomic E-state index is 12.9. The Morgan fingerprint density at radius 1 is 1.24 bits per heavy atom. The van der Waals surface area contributed by atoms with Gasteiger partial charge in [-0.25, -0.2) is 4.79 Å². The van der Waals surface area contributed by atoms with E-state index in [0.717, 1.165) is 13.2 Å². The maximum absolute atomic E-state index is 12.9. The highest BCUT2D eigenvalue weighted by Gasteiger charge is 2.32. The minimum absolute atomic E-state index is 0.0211. The van der Waals surface area contributed by atoms with Gasteiger partial charge in [0, 0.05) is 6.07 Å². The number of para-hydroxylation sites is 2. The topological polar surface area (TPSA) is 128 Å². The van der Waals surface area contributed by atoms with Crippen molar-refractivity contribution in [3.8, 4) is 5.75 Å². The molecule has 1 aliphatic heterocycles. The van der Waals surface area contributed by atoms with Gasteiger partial charge in [0.1, 0.15) is 6.54 Å². The molecule has 2 aromatic rings. The first kappa shape index (κ1) is 19.8. The summed E-state index contributed by atoms with van der Waals surface area (Å²) in [7, 11) is 1.16. The lowest BCUT2D eigenvalue weighted by molar-refractivity contribution is -0.386. The fraction of sp³-hybridized carbons (Fsp3) is 0.211. The molecule has 10 heteroatoms. The highest BCUT2D eigenvalue weighted by Crippen LogP contribution is 2.32. The number of nitrogens with one attached hydrogen (secondary N) is 1. The molecule has 0 aromatic heterocycles. The molecule has 1 atom stereocenters. The van der Waals surface area contributed by atoms with Gasteiger partial charge in [0.15, 0.2) is 11.9 Å². The van der Waals surface area contributed by atoms with Crippen molar-refractivity contribution in [3.05, 3.63) is 58.1 Å². The third kappa shape index (κ3) is 4.00. The number of nitro benzene ring substituents is 1. The average Bonchev–Trinajstić information content (AvgIpc) is 2.71. The van der Waals surface area contributed by atoms with E-state index in [4.69, 9.17) is 4.74 Å². The average molecular weight is 399 g/mol.